The molecule has 0 radical (unpaired) electrons. The molecule has 11 heteroatoms. The van der Waals surface area contributed by atoms with Gasteiger partial charge in [0, 0.05) is 28.9 Å². The van der Waals surface area contributed by atoms with E-state index in [1.165, 1.54) is 37.6 Å². The van der Waals surface area contributed by atoms with Gasteiger partial charge in [-0.2, -0.15) is 4.98 Å². The molecule has 1 N–H and O–H groups in total. The molecule has 0 amide bonds. The molecule has 0 fully saturated rings. The number of alkyl halides is 5. The molecule has 0 aliphatic heterocycles. The summed E-state index contributed by atoms with van der Waals surface area (Å²) in [5.74, 6) is 0.169. The molecule has 0 bridgehead atoms. The Hall–Kier alpha value is -3.21. The first-order valence-electron chi connectivity index (χ1n) is 8.59. The Kier molecular flexibility index (Phi) is 6.50. The highest BCUT2D eigenvalue weighted by atomic mass is 19.4. The third kappa shape index (κ3) is 5.44. The predicted molar refractivity (Wildman–Crippen MR) is 98.3 cm³/mol. The Bertz CT molecular complexity index is 1010. The van der Waals surface area contributed by atoms with Crippen molar-refractivity contribution in [3.8, 4) is 11.8 Å². The average molecular weight is 429 g/mol. The van der Waals surface area contributed by atoms with Crippen LogP contribution in [0.5, 0.6) is 11.8 Å². The van der Waals surface area contributed by atoms with Gasteiger partial charge in [-0.25, -0.2) is 8.78 Å². The maximum atomic E-state index is 12.9. The number of nitrogens with one attached hydrogen (secondary N) is 1. The van der Waals surface area contributed by atoms with Crippen molar-refractivity contribution in [1.82, 2.24) is 9.97 Å². The highest BCUT2D eigenvalue weighted by Crippen LogP contribution is 2.32. The number of pyridine rings is 2. The van der Waals surface area contributed by atoms with E-state index >= 15 is 0 Å². The quantitative estimate of drug-likeness (QED) is 0.391. The minimum Gasteiger partial charge on any atom is -0.479 e. The number of hydrogen-bond donors (Lipinski definition) is 1. The maximum absolute atomic E-state index is 12.9. The fraction of sp³-hybridized carbons (Fsp3) is 0.263. The van der Waals surface area contributed by atoms with Crippen molar-refractivity contribution in [1.29, 1.82) is 0 Å². The summed E-state index contributed by atoms with van der Waals surface area (Å²) in [4.78, 5) is 8.19. The highest BCUT2D eigenvalue weighted by molar-refractivity contribution is 5.93. The summed E-state index contributed by atoms with van der Waals surface area (Å²) in [7, 11) is 1.36. The lowest BCUT2D eigenvalue weighted by molar-refractivity contribution is -0.325. The number of anilines is 2. The van der Waals surface area contributed by atoms with Crippen LogP contribution in [0.25, 0.3) is 10.9 Å². The number of benzene rings is 1. The lowest BCUT2D eigenvalue weighted by Crippen LogP contribution is -2.18. The first kappa shape index (κ1) is 21.5. The second-order valence-corrected chi connectivity index (χ2v) is 5.91. The summed E-state index contributed by atoms with van der Waals surface area (Å²) < 4.78 is 75.7. The van der Waals surface area contributed by atoms with Crippen LogP contribution < -0.4 is 14.8 Å². The molecule has 3 aromatic rings. The Labute approximate surface area is 167 Å². The number of halogens is 5. The molecular formula is C19H16F5N3O3. The first-order chi connectivity index (χ1) is 14.3. The highest BCUT2D eigenvalue weighted by Gasteiger charge is 2.28. The summed E-state index contributed by atoms with van der Waals surface area (Å²) in [5, 5.41) is 3.69. The Morgan fingerprint density at radius 3 is 2.53 bits per heavy atom. The molecule has 0 spiro atoms. The Morgan fingerprint density at radius 1 is 1.03 bits per heavy atom. The molecule has 0 atom stereocenters. The molecule has 160 valence electrons. The van der Waals surface area contributed by atoms with Crippen molar-refractivity contribution in [2.75, 3.05) is 25.6 Å². The Balaban J connectivity index is 1.76. The van der Waals surface area contributed by atoms with Gasteiger partial charge in [0.1, 0.15) is 12.3 Å². The van der Waals surface area contributed by atoms with Crippen LogP contribution in [0.15, 0.2) is 42.6 Å². The van der Waals surface area contributed by atoms with Crippen LogP contribution in [0, 0.1) is 0 Å². The number of hydrogen-bond acceptors (Lipinski definition) is 6. The molecule has 0 aliphatic rings. The van der Waals surface area contributed by atoms with Crippen molar-refractivity contribution in [3.63, 3.8) is 0 Å². The standard InChI is InChI=1S/C19H16F5N3O3/c1-28-18-14(4-5-16(27-18)29-8-9-30-19(22,23)24)26-13-6-7-25-15-10-11(17(20)21)2-3-12(13)15/h2-7,10,17H,8-9H2,1H3,(H,25,26). The zero-order chi connectivity index (χ0) is 21.7. The van der Waals surface area contributed by atoms with E-state index < -0.39 is 19.4 Å². The van der Waals surface area contributed by atoms with Crippen molar-refractivity contribution >= 4 is 22.3 Å². The van der Waals surface area contributed by atoms with E-state index in [4.69, 9.17) is 9.47 Å². The Morgan fingerprint density at radius 2 is 1.83 bits per heavy atom. The van der Waals surface area contributed by atoms with E-state index in [9.17, 15) is 22.0 Å². The third-order valence-corrected chi connectivity index (χ3v) is 3.92. The zero-order valence-electron chi connectivity index (χ0n) is 15.5. The summed E-state index contributed by atoms with van der Waals surface area (Å²) in [5.41, 5.74) is 1.26. The monoisotopic (exact) mass is 429 g/mol. The molecule has 0 unspecified atom stereocenters. The second kappa shape index (κ2) is 9.08. The normalized spacial score (nSPS) is 11.7. The molecule has 3 rings (SSSR count). The summed E-state index contributed by atoms with van der Waals surface area (Å²) in [6.45, 7) is -1.04. The molecule has 6 nitrogen and oxygen atoms in total. The van der Waals surface area contributed by atoms with Gasteiger partial charge in [-0.15, -0.1) is 13.2 Å². The van der Waals surface area contributed by atoms with E-state index in [0.29, 0.717) is 22.3 Å². The van der Waals surface area contributed by atoms with Crippen LogP contribution in [0.3, 0.4) is 0 Å². The van der Waals surface area contributed by atoms with Crippen LogP contribution in [0.1, 0.15) is 12.0 Å². The van der Waals surface area contributed by atoms with E-state index in [1.54, 1.807) is 12.1 Å². The minimum atomic E-state index is -4.73. The number of nitrogens with zero attached hydrogens (tertiary/aromatic N) is 2. The minimum absolute atomic E-state index is 0.0457. The third-order valence-electron chi connectivity index (χ3n) is 3.92. The number of ether oxygens (including phenoxy) is 3. The molecule has 0 saturated heterocycles. The fourth-order valence-electron chi connectivity index (χ4n) is 2.61. The molecule has 0 aliphatic carbocycles. The van der Waals surface area contributed by atoms with Crippen LogP contribution in [-0.4, -0.2) is 36.7 Å². The predicted octanol–water partition coefficient (Wildman–Crippen LogP) is 5.23. The van der Waals surface area contributed by atoms with E-state index in [1.807, 2.05) is 0 Å². The number of rotatable bonds is 8. The summed E-state index contributed by atoms with van der Waals surface area (Å²) in [6, 6.07) is 8.81. The number of aromatic nitrogens is 2. The molecular weight excluding hydrogens is 413 g/mol. The first-order valence-corrected chi connectivity index (χ1v) is 8.59. The van der Waals surface area contributed by atoms with Crippen molar-refractivity contribution in [2.24, 2.45) is 0 Å². The average Bonchev–Trinajstić information content (AvgIpc) is 2.71. The van der Waals surface area contributed by atoms with Crippen LogP contribution in [-0.2, 0) is 4.74 Å². The van der Waals surface area contributed by atoms with E-state index in [0.717, 1.165) is 0 Å². The number of methoxy groups -OCH3 is 1. The topological polar surface area (TPSA) is 65.5 Å². The molecule has 2 aromatic heterocycles. The van der Waals surface area contributed by atoms with Gasteiger partial charge in [0.15, 0.2) is 0 Å². The molecule has 2 heterocycles. The van der Waals surface area contributed by atoms with Gasteiger partial charge >= 0.3 is 6.36 Å². The fourth-order valence-corrected chi connectivity index (χ4v) is 2.61. The summed E-state index contributed by atoms with van der Waals surface area (Å²) in [6.07, 6.45) is -5.87. The molecule has 30 heavy (non-hydrogen) atoms. The van der Waals surface area contributed by atoms with Crippen molar-refractivity contribution in [2.45, 2.75) is 12.8 Å². The van der Waals surface area contributed by atoms with Gasteiger partial charge in [-0.05, 0) is 18.2 Å². The van der Waals surface area contributed by atoms with Gasteiger partial charge < -0.3 is 14.8 Å². The second-order valence-electron chi connectivity index (χ2n) is 5.91. The van der Waals surface area contributed by atoms with Crippen molar-refractivity contribution in [3.05, 3.63) is 48.2 Å². The van der Waals surface area contributed by atoms with Gasteiger partial charge in [0.05, 0.1) is 19.2 Å². The van der Waals surface area contributed by atoms with E-state index in [2.05, 4.69) is 20.0 Å². The van der Waals surface area contributed by atoms with Gasteiger partial charge in [-0.3, -0.25) is 9.72 Å². The van der Waals surface area contributed by atoms with Crippen LogP contribution in [0.2, 0.25) is 0 Å². The van der Waals surface area contributed by atoms with Gasteiger partial charge in [0.2, 0.25) is 11.8 Å². The van der Waals surface area contributed by atoms with Gasteiger partial charge in [0.25, 0.3) is 6.43 Å². The zero-order valence-corrected chi connectivity index (χ0v) is 15.5. The lowest BCUT2D eigenvalue weighted by Gasteiger charge is -2.14. The molecule has 0 saturated carbocycles. The van der Waals surface area contributed by atoms with Crippen LogP contribution >= 0.6 is 0 Å². The lowest BCUT2D eigenvalue weighted by atomic mass is 10.1. The maximum Gasteiger partial charge on any atom is 0.522 e. The van der Waals surface area contributed by atoms with E-state index in [-0.39, 0.29) is 23.9 Å². The van der Waals surface area contributed by atoms with Gasteiger partial charge in [-0.1, -0.05) is 12.1 Å². The smallest absolute Gasteiger partial charge is 0.479 e. The van der Waals surface area contributed by atoms with Crippen molar-refractivity contribution < 1.29 is 36.2 Å². The van der Waals surface area contributed by atoms with Crippen LogP contribution in [0.4, 0.5) is 33.3 Å². The number of fused-ring (bicyclic) bond motifs is 1. The SMILES string of the molecule is COc1nc(OCCOC(F)(F)F)ccc1Nc1ccnc2cc(C(F)F)ccc12. The largest absolute Gasteiger partial charge is 0.522 e. The molecule has 1 aromatic carbocycles. The summed E-state index contributed by atoms with van der Waals surface area (Å²) >= 11 is 0.